The summed E-state index contributed by atoms with van der Waals surface area (Å²) in [6.07, 6.45) is 1.10. The number of hydrogen-bond acceptors (Lipinski definition) is 4. The number of rotatable bonds is 3. The fourth-order valence-electron chi connectivity index (χ4n) is 4.10. The van der Waals surface area contributed by atoms with Gasteiger partial charge in [-0.1, -0.05) is 27.7 Å². The summed E-state index contributed by atoms with van der Waals surface area (Å²) >= 11 is 7.44. The molecule has 1 aliphatic heterocycles. The maximum atomic E-state index is 10.9. The van der Waals surface area contributed by atoms with Crippen LogP contribution in [0, 0.1) is 24.0 Å². The standard InChI is InChI=1S/C22H27N3O2S2/c1-13-9-15(25(26)27)7-8-17(13)23-20(28)24-18-11-16-19(10-14(18)2)29-22(5,6)12-21(16,3)4/h7-11H,12H2,1-6H3,(H2,23,24,28). The molecule has 0 aliphatic carbocycles. The number of nitrogens with zero attached hydrogens (tertiary/aromatic N) is 1. The summed E-state index contributed by atoms with van der Waals surface area (Å²) in [5.74, 6) is 0. The van der Waals surface area contributed by atoms with Crippen molar-refractivity contribution in [1.29, 1.82) is 0 Å². The second-order valence-electron chi connectivity index (χ2n) is 8.92. The first-order valence-corrected chi connectivity index (χ1v) is 10.8. The SMILES string of the molecule is Cc1cc([N+](=O)[O-])ccc1NC(=S)Nc1cc2c(cc1C)SC(C)(C)CC2(C)C. The fraction of sp³-hybridized carbons (Fsp3) is 0.409. The van der Waals surface area contributed by atoms with Crippen molar-refractivity contribution < 1.29 is 4.92 Å². The number of thioether (sulfide) groups is 1. The molecule has 0 spiro atoms. The number of nitrogens with one attached hydrogen (secondary N) is 2. The van der Waals surface area contributed by atoms with Gasteiger partial charge in [-0.3, -0.25) is 10.1 Å². The molecular weight excluding hydrogens is 402 g/mol. The number of anilines is 2. The molecule has 0 fully saturated rings. The summed E-state index contributed by atoms with van der Waals surface area (Å²) in [5, 5.41) is 17.9. The van der Waals surface area contributed by atoms with Crippen molar-refractivity contribution in [1.82, 2.24) is 0 Å². The maximum absolute atomic E-state index is 10.9. The van der Waals surface area contributed by atoms with Gasteiger partial charge in [0.05, 0.1) is 4.92 Å². The molecule has 0 bridgehead atoms. The predicted molar refractivity (Wildman–Crippen MR) is 126 cm³/mol. The van der Waals surface area contributed by atoms with Crippen molar-refractivity contribution in [3.63, 3.8) is 0 Å². The zero-order chi connectivity index (χ0) is 21.6. The highest BCUT2D eigenvalue weighted by molar-refractivity contribution is 8.00. The molecule has 0 atom stereocenters. The molecule has 0 saturated heterocycles. The van der Waals surface area contributed by atoms with Crippen LogP contribution in [0.4, 0.5) is 17.1 Å². The molecule has 0 aromatic heterocycles. The van der Waals surface area contributed by atoms with E-state index in [1.165, 1.54) is 22.6 Å². The summed E-state index contributed by atoms with van der Waals surface area (Å²) in [5.41, 5.74) is 5.12. The van der Waals surface area contributed by atoms with Crippen LogP contribution in [0.3, 0.4) is 0 Å². The highest BCUT2D eigenvalue weighted by Gasteiger charge is 2.38. The summed E-state index contributed by atoms with van der Waals surface area (Å²) in [6.45, 7) is 13.1. The molecule has 0 radical (unpaired) electrons. The maximum Gasteiger partial charge on any atom is 0.269 e. The number of nitro benzene ring substituents is 1. The van der Waals surface area contributed by atoms with Crippen molar-refractivity contribution in [3.05, 3.63) is 57.1 Å². The molecule has 1 heterocycles. The summed E-state index contributed by atoms with van der Waals surface area (Å²) in [7, 11) is 0. The van der Waals surface area contributed by atoms with E-state index < -0.39 is 4.92 Å². The Balaban J connectivity index is 1.82. The summed E-state index contributed by atoms with van der Waals surface area (Å²) < 4.78 is 0.211. The second-order valence-corrected chi connectivity index (χ2v) is 11.1. The molecule has 0 saturated carbocycles. The lowest BCUT2D eigenvalue weighted by Crippen LogP contribution is -2.34. The molecule has 2 N–H and O–H groups in total. The van der Waals surface area contributed by atoms with Crippen LogP contribution in [-0.4, -0.2) is 14.8 Å². The van der Waals surface area contributed by atoms with Crippen LogP contribution in [0.25, 0.3) is 0 Å². The Morgan fingerprint density at radius 1 is 1.07 bits per heavy atom. The normalized spacial score (nSPS) is 16.6. The van der Waals surface area contributed by atoms with Gasteiger partial charge < -0.3 is 10.6 Å². The highest BCUT2D eigenvalue weighted by Crippen LogP contribution is 2.52. The first-order valence-electron chi connectivity index (χ1n) is 9.55. The number of non-ortho nitro benzene ring substituents is 1. The smallest absolute Gasteiger partial charge is 0.269 e. The number of thiocarbonyl (C=S) groups is 1. The van der Waals surface area contributed by atoms with E-state index in [4.69, 9.17) is 12.2 Å². The molecule has 7 heteroatoms. The van der Waals surface area contributed by atoms with E-state index in [9.17, 15) is 10.1 Å². The Morgan fingerprint density at radius 3 is 2.31 bits per heavy atom. The van der Waals surface area contributed by atoms with Gasteiger partial charge in [0.1, 0.15) is 0 Å². The summed E-state index contributed by atoms with van der Waals surface area (Å²) in [6, 6.07) is 9.15. The van der Waals surface area contributed by atoms with E-state index in [2.05, 4.69) is 57.4 Å². The predicted octanol–water partition coefficient (Wildman–Crippen LogP) is 6.57. The van der Waals surface area contributed by atoms with Crippen LogP contribution in [0.15, 0.2) is 35.2 Å². The third-order valence-electron chi connectivity index (χ3n) is 5.23. The van der Waals surface area contributed by atoms with Gasteiger partial charge in [-0.25, -0.2) is 0 Å². The Kier molecular flexibility index (Phi) is 5.66. The molecule has 3 rings (SSSR count). The van der Waals surface area contributed by atoms with Gasteiger partial charge in [-0.05, 0) is 72.8 Å². The second kappa shape index (κ2) is 7.61. The van der Waals surface area contributed by atoms with Crippen molar-refractivity contribution in [2.75, 3.05) is 10.6 Å². The minimum Gasteiger partial charge on any atom is -0.332 e. The van der Waals surface area contributed by atoms with Crippen molar-refractivity contribution in [2.45, 2.75) is 63.0 Å². The Bertz CT molecular complexity index is 1000. The van der Waals surface area contributed by atoms with Gasteiger partial charge in [0.25, 0.3) is 5.69 Å². The average molecular weight is 430 g/mol. The minimum atomic E-state index is -0.398. The van der Waals surface area contributed by atoms with Crippen LogP contribution in [0.1, 0.15) is 50.8 Å². The van der Waals surface area contributed by atoms with E-state index in [0.717, 1.165) is 28.9 Å². The average Bonchev–Trinajstić information content (AvgIpc) is 2.56. The van der Waals surface area contributed by atoms with E-state index in [1.54, 1.807) is 6.07 Å². The van der Waals surface area contributed by atoms with Gasteiger partial charge in [0.15, 0.2) is 5.11 Å². The topological polar surface area (TPSA) is 67.2 Å². The Labute approximate surface area is 181 Å². The van der Waals surface area contributed by atoms with Crippen LogP contribution in [0.2, 0.25) is 0 Å². The van der Waals surface area contributed by atoms with Crippen molar-refractivity contribution >= 4 is 46.2 Å². The number of hydrogen-bond donors (Lipinski definition) is 2. The van der Waals surface area contributed by atoms with Gasteiger partial charge in [-0.15, -0.1) is 11.8 Å². The van der Waals surface area contributed by atoms with Gasteiger partial charge in [-0.2, -0.15) is 0 Å². The molecule has 0 amide bonds. The molecule has 2 aromatic carbocycles. The zero-order valence-electron chi connectivity index (χ0n) is 17.7. The van der Waals surface area contributed by atoms with E-state index in [0.29, 0.717) is 5.11 Å². The fourth-order valence-corrected chi connectivity index (χ4v) is 6.03. The largest absolute Gasteiger partial charge is 0.332 e. The van der Waals surface area contributed by atoms with Crippen LogP contribution in [-0.2, 0) is 5.41 Å². The van der Waals surface area contributed by atoms with Gasteiger partial charge >= 0.3 is 0 Å². The Morgan fingerprint density at radius 2 is 1.69 bits per heavy atom. The molecular formula is C22H27N3O2S2. The van der Waals surface area contributed by atoms with Crippen LogP contribution in [0.5, 0.6) is 0 Å². The lowest BCUT2D eigenvalue weighted by atomic mass is 9.76. The number of nitro groups is 1. The number of fused-ring (bicyclic) bond motifs is 1. The Hall–Kier alpha value is -2.12. The minimum absolute atomic E-state index is 0.0696. The summed E-state index contributed by atoms with van der Waals surface area (Å²) in [4.78, 5) is 11.9. The lowest BCUT2D eigenvalue weighted by Gasteiger charge is -2.42. The van der Waals surface area contributed by atoms with E-state index in [-0.39, 0.29) is 15.8 Å². The lowest BCUT2D eigenvalue weighted by molar-refractivity contribution is -0.384. The molecule has 0 unspecified atom stereocenters. The molecule has 2 aromatic rings. The number of aryl methyl sites for hydroxylation is 2. The van der Waals surface area contributed by atoms with Crippen molar-refractivity contribution in [2.24, 2.45) is 0 Å². The monoisotopic (exact) mass is 429 g/mol. The van der Waals surface area contributed by atoms with Crippen LogP contribution >= 0.6 is 24.0 Å². The zero-order valence-corrected chi connectivity index (χ0v) is 19.3. The number of benzene rings is 2. The first-order chi connectivity index (χ1) is 13.4. The first kappa shape index (κ1) is 21.6. The molecule has 29 heavy (non-hydrogen) atoms. The molecule has 5 nitrogen and oxygen atoms in total. The third-order valence-corrected chi connectivity index (χ3v) is 6.69. The van der Waals surface area contributed by atoms with Crippen LogP contribution < -0.4 is 10.6 Å². The third kappa shape index (κ3) is 4.73. The van der Waals surface area contributed by atoms with Gasteiger partial charge in [0, 0.05) is 33.2 Å². The molecule has 154 valence electrons. The molecule has 1 aliphatic rings. The quantitative estimate of drug-likeness (QED) is 0.327. The van der Waals surface area contributed by atoms with Gasteiger partial charge in [0.2, 0.25) is 0 Å². The van der Waals surface area contributed by atoms with E-state index >= 15 is 0 Å². The van der Waals surface area contributed by atoms with E-state index in [1.807, 2.05) is 18.7 Å². The van der Waals surface area contributed by atoms with Crippen molar-refractivity contribution in [3.8, 4) is 0 Å². The highest BCUT2D eigenvalue weighted by atomic mass is 32.2.